The summed E-state index contributed by atoms with van der Waals surface area (Å²) in [5.41, 5.74) is 1.80. The number of piperidine rings is 1. The Kier molecular flexibility index (Phi) is 5.60. The molecule has 1 saturated heterocycles. The number of nitrogens with zero attached hydrogens (tertiary/aromatic N) is 5. The van der Waals surface area contributed by atoms with E-state index in [9.17, 15) is 9.59 Å². The minimum atomic E-state index is 0.0111. The van der Waals surface area contributed by atoms with Gasteiger partial charge in [0.2, 0.25) is 11.8 Å². The molecule has 1 N–H and O–H groups in total. The Labute approximate surface area is 152 Å². The van der Waals surface area contributed by atoms with Gasteiger partial charge >= 0.3 is 0 Å². The number of carbonyl (C=O) groups is 2. The third-order valence-corrected chi connectivity index (χ3v) is 4.55. The summed E-state index contributed by atoms with van der Waals surface area (Å²) in [4.78, 5) is 26.5. The van der Waals surface area contributed by atoms with E-state index < -0.39 is 0 Å². The molecule has 0 saturated carbocycles. The van der Waals surface area contributed by atoms with Gasteiger partial charge in [-0.05, 0) is 54.8 Å². The molecule has 8 nitrogen and oxygen atoms in total. The molecule has 26 heavy (non-hydrogen) atoms. The highest BCUT2D eigenvalue weighted by atomic mass is 16.2. The van der Waals surface area contributed by atoms with Crippen molar-refractivity contribution in [3.63, 3.8) is 0 Å². The first-order valence-electron chi connectivity index (χ1n) is 8.93. The molecule has 1 aliphatic heterocycles. The third kappa shape index (κ3) is 4.44. The maximum atomic E-state index is 12.5. The van der Waals surface area contributed by atoms with Crippen LogP contribution in [-0.4, -0.2) is 56.1 Å². The molecule has 0 unspecified atom stereocenters. The van der Waals surface area contributed by atoms with Crippen LogP contribution < -0.4 is 5.32 Å². The van der Waals surface area contributed by atoms with Gasteiger partial charge in [0, 0.05) is 25.0 Å². The Morgan fingerprint density at radius 2 is 1.88 bits per heavy atom. The first kappa shape index (κ1) is 18.0. The van der Waals surface area contributed by atoms with Crippen molar-refractivity contribution >= 4 is 11.8 Å². The van der Waals surface area contributed by atoms with Gasteiger partial charge in [-0.1, -0.05) is 12.1 Å². The van der Waals surface area contributed by atoms with Gasteiger partial charge in [0.05, 0.1) is 12.1 Å². The van der Waals surface area contributed by atoms with Crippen LogP contribution in [0.1, 0.15) is 32.3 Å². The Hall–Kier alpha value is -2.77. The van der Waals surface area contributed by atoms with Crippen LogP contribution in [0.2, 0.25) is 0 Å². The number of rotatable bonds is 5. The molecule has 2 heterocycles. The van der Waals surface area contributed by atoms with Crippen molar-refractivity contribution in [2.75, 3.05) is 13.1 Å². The largest absolute Gasteiger partial charge is 0.354 e. The molecule has 0 radical (unpaired) electrons. The van der Waals surface area contributed by atoms with Crippen molar-refractivity contribution in [3.05, 3.63) is 36.2 Å². The van der Waals surface area contributed by atoms with E-state index in [4.69, 9.17) is 0 Å². The summed E-state index contributed by atoms with van der Waals surface area (Å²) in [5, 5.41) is 14.0. The van der Waals surface area contributed by atoms with Gasteiger partial charge in [0.25, 0.3) is 0 Å². The molecule has 0 atom stereocenters. The topological polar surface area (TPSA) is 93.0 Å². The number of hydrogen-bond acceptors (Lipinski definition) is 5. The number of hydrogen-bond donors (Lipinski definition) is 1. The van der Waals surface area contributed by atoms with Gasteiger partial charge in [-0.2, -0.15) is 0 Å². The summed E-state index contributed by atoms with van der Waals surface area (Å²) in [6, 6.07) is 7.76. The lowest BCUT2D eigenvalue weighted by Gasteiger charge is -2.31. The molecular weight excluding hydrogens is 332 g/mol. The zero-order valence-corrected chi connectivity index (χ0v) is 15.1. The predicted octanol–water partition coefficient (Wildman–Crippen LogP) is 0.968. The third-order valence-electron chi connectivity index (χ3n) is 4.55. The number of nitrogens with one attached hydrogen (secondary N) is 1. The average Bonchev–Trinajstić information content (AvgIpc) is 3.16. The van der Waals surface area contributed by atoms with Gasteiger partial charge in [0.15, 0.2) is 0 Å². The number of benzene rings is 1. The Morgan fingerprint density at radius 1 is 1.19 bits per heavy atom. The van der Waals surface area contributed by atoms with E-state index in [1.54, 1.807) is 4.68 Å². The Balaban J connectivity index is 1.51. The summed E-state index contributed by atoms with van der Waals surface area (Å²) in [7, 11) is 0. The van der Waals surface area contributed by atoms with Crippen molar-refractivity contribution < 1.29 is 9.59 Å². The Bertz CT molecular complexity index is 734. The summed E-state index contributed by atoms with van der Waals surface area (Å²) < 4.78 is 1.57. The summed E-state index contributed by atoms with van der Waals surface area (Å²) >= 11 is 0. The van der Waals surface area contributed by atoms with E-state index in [1.807, 2.05) is 43.0 Å². The van der Waals surface area contributed by atoms with Gasteiger partial charge in [-0.25, -0.2) is 4.68 Å². The van der Waals surface area contributed by atoms with Gasteiger partial charge in [-0.3, -0.25) is 9.59 Å². The van der Waals surface area contributed by atoms with E-state index in [2.05, 4.69) is 20.8 Å². The van der Waals surface area contributed by atoms with Gasteiger partial charge < -0.3 is 10.2 Å². The van der Waals surface area contributed by atoms with Crippen LogP contribution in [0, 0.1) is 5.92 Å². The first-order chi connectivity index (χ1) is 12.5. The fourth-order valence-corrected chi connectivity index (χ4v) is 3.13. The summed E-state index contributed by atoms with van der Waals surface area (Å²) in [6.45, 7) is 5.19. The first-order valence-corrected chi connectivity index (χ1v) is 8.93. The van der Waals surface area contributed by atoms with E-state index >= 15 is 0 Å². The second-order valence-corrected chi connectivity index (χ2v) is 6.92. The van der Waals surface area contributed by atoms with Crippen molar-refractivity contribution in [2.24, 2.45) is 5.92 Å². The van der Waals surface area contributed by atoms with E-state index in [-0.39, 0.29) is 23.8 Å². The van der Waals surface area contributed by atoms with Crippen LogP contribution in [0.4, 0.5) is 0 Å². The highest BCUT2D eigenvalue weighted by molar-refractivity contribution is 5.81. The summed E-state index contributed by atoms with van der Waals surface area (Å²) in [5.74, 6) is 0.213. The minimum Gasteiger partial charge on any atom is -0.354 e. The molecule has 1 fully saturated rings. The molecule has 8 heteroatoms. The standard InChI is InChI=1S/C18H24N6O2/c1-13(2)20-18(26)15-7-9-23(10-8-15)17(25)11-14-3-5-16(6-4-14)24-12-19-21-22-24/h3-6,12-13,15H,7-11H2,1-2H3,(H,20,26). The van der Waals surface area contributed by atoms with Crippen molar-refractivity contribution in [1.29, 1.82) is 0 Å². The number of likely N-dealkylation sites (tertiary alicyclic amines) is 1. The van der Waals surface area contributed by atoms with Gasteiger partial charge in [-0.15, -0.1) is 5.10 Å². The molecule has 0 aliphatic carbocycles. The normalized spacial score (nSPS) is 15.3. The quantitative estimate of drug-likeness (QED) is 0.862. The van der Waals surface area contributed by atoms with Crippen LogP contribution in [0.5, 0.6) is 0 Å². The van der Waals surface area contributed by atoms with E-state index in [0.717, 1.165) is 24.1 Å². The lowest BCUT2D eigenvalue weighted by molar-refractivity contribution is -0.135. The zero-order valence-electron chi connectivity index (χ0n) is 15.1. The number of carbonyl (C=O) groups excluding carboxylic acids is 2. The second kappa shape index (κ2) is 8.07. The summed E-state index contributed by atoms with van der Waals surface area (Å²) in [6.07, 6.45) is 3.34. The highest BCUT2D eigenvalue weighted by Crippen LogP contribution is 2.19. The molecule has 2 aromatic rings. The van der Waals surface area contributed by atoms with Crippen molar-refractivity contribution in [2.45, 2.75) is 39.2 Å². The van der Waals surface area contributed by atoms with Crippen LogP contribution in [0.25, 0.3) is 5.69 Å². The molecular formula is C18H24N6O2. The van der Waals surface area contributed by atoms with Crippen molar-refractivity contribution in [3.8, 4) is 5.69 Å². The SMILES string of the molecule is CC(C)NC(=O)C1CCN(C(=O)Cc2ccc(-n3cnnn3)cc2)CC1. The van der Waals surface area contributed by atoms with Gasteiger partial charge in [0.1, 0.15) is 6.33 Å². The molecule has 1 aromatic heterocycles. The Morgan fingerprint density at radius 3 is 2.46 bits per heavy atom. The predicted molar refractivity (Wildman–Crippen MR) is 95.4 cm³/mol. The molecule has 0 spiro atoms. The lowest BCUT2D eigenvalue weighted by atomic mass is 9.95. The highest BCUT2D eigenvalue weighted by Gasteiger charge is 2.27. The van der Waals surface area contributed by atoms with E-state index in [1.165, 1.54) is 6.33 Å². The fraction of sp³-hybridized carbons (Fsp3) is 0.500. The van der Waals surface area contributed by atoms with Crippen LogP contribution >= 0.6 is 0 Å². The monoisotopic (exact) mass is 356 g/mol. The maximum absolute atomic E-state index is 12.5. The van der Waals surface area contributed by atoms with Crippen LogP contribution in [0.15, 0.2) is 30.6 Å². The van der Waals surface area contributed by atoms with Crippen molar-refractivity contribution in [1.82, 2.24) is 30.4 Å². The smallest absolute Gasteiger partial charge is 0.226 e. The fourth-order valence-electron chi connectivity index (χ4n) is 3.13. The van der Waals surface area contributed by atoms with Crippen LogP contribution in [-0.2, 0) is 16.0 Å². The minimum absolute atomic E-state index is 0.0111. The lowest BCUT2D eigenvalue weighted by Crippen LogP contribution is -2.44. The zero-order chi connectivity index (χ0) is 18.5. The molecule has 2 amide bonds. The second-order valence-electron chi connectivity index (χ2n) is 6.92. The van der Waals surface area contributed by atoms with Crippen LogP contribution in [0.3, 0.4) is 0 Å². The molecule has 138 valence electrons. The number of aromatic nitrogens is 4. The number of tetrazole rings is 1. The molecule has 0 bridgehead atoms. The average molecular weight is 356 g/mol. The number of amides is 2. The molecule has 3 rings (SSSR count). The molecule has 1 aromatic carbocycles. The maximum Gasteiger partial charge on any atom is 0.226 e. The van der Waals surface area contributed by atoms with E-state index in [0.29, 0.717) is 19.5 Å². The molecule has 1 aliphatic rings.